The standard InChI is InChI=1S/C14H12ClN3O/c1-19-11-4-5-13(12(17)7-11)18-14-6-10(15)3-2-9(14)8-16/h2-7,18H,17H2,1H3. The molecule has 0 aromatic heterocycles. The van der Waals surface area contributed by atoms with Gasteiger partial charge in [-0.05, 0) is 30.3 Å². The normalized spacial score (nSPS) is 9.74. The summed E-state index contributed by atoms with van der Waals surface area (Å²) in [5.74, 6) is 0.676. The zero-order valence-electron chi connectivity index (χ0n) is 10.3. The second kappa shape index (κ2) is 5.51. The predicted octanol–water partition coefficient (Wildman–Crippen LogP) is 3.55. The van der Waals surface area contributed by atoms with Crippen molar-refractivity contribution in [2.24, 2.45) is 0 Å². The van der Waals surface area contributed by atoms with Gasteiger partial charge in [0.1, 0.15) is 11.8 Å². The smallest absolute Gasteiger partial charge is 0.121 e. The number of methoxy groups -OCH3 is 1. The van der Waals surface area contributed by atoms with Gasteiger partial charge in [-0.3, -0.25) is 0 Å². The number of nitrogens with one attached hydrogen (secondary N) is 1. The van der Waals surface area contributed by atoms with Crippen molar-refractivity contribution < 1.29 is 4.74 Å². The largest absolute Gasteiger partial charge is 0.497 e. The first-order chi connectivity index (χ1) is 9.13. The number of nitrogen functional groups attached to an aromatic ring is 1. The summed E-state index contributed by atoms with van der Waals surface area (Å²) in [4.78, 5) is 0. The summed E-state index contributed by atoms with van der Waals surface area (Å²) < 4.78 is 5.08. The first-order valence-corrected chi connectivity index (χ1v) is 5.92. The van der Waals surface area contributed by atoms with E-state index in [-0.39, 0.29) is 0 Å². The molecule has 0 bridgehead atoms. The summed E-state index contributed by atoms with van der Waals surface area (Å²) in [6, 6.07) is 12.4. The monoisotopic (exact) mass is 273 g/mol. The van der Waals surface area contributed by atoms with Crippen molar-refractivity contribution in [2.45, 2.75) is 0 Å². The maximum absolute atomic E-state index is 9.05. The lowest BCUT2D eigenvalue weighted by molar-refractivity contribution is 0.415. The average Bonchev–Trinajstić information content (AvgIpc) is 2.41. The van der Waals surface area contributed by atoms with Crippen LogP contribution in [0, 0.1) is 11.3 Å². The Morgan fingerprint density at radius 1 is 1.21 bits per heavy atom. The molecule has 19 heavy (non-hydrogen) atoms. The Balaban J connectivity index is 2.36. The van der Waals surface area contributed by atoms with Crippen molar-refractivity contribution in [1.82, 2.24) is 0 Å². The van der Waals surface area contributed by atoms with E-state index in [4.69, 9.17) is 27.3 Å². The van der Waals surface area contributed by atoms with E-state index in [2.05, 4.69) is 11.4 Å². The van der Waals surface area contributed by atoms with Crippen LogP contribution in [0.15, 0.2) is 36.4 Å². The number of halogens is 1. The van der Waals surface area contributed by atoms with Crippen LogP contribution in [0.1, 0.15) is 5.56 Å². The molecule has 3 N–H and O–H groups in total. The van der Waals surface area contributed by atoms with E-state index < -0.39 is 0 Å². The fourth-order valence-electron chi connectivity index (χ4n) is 1.64. The van der Waals surface area contributed by atoms with E-state index in [0.717, 1.165) is 0 Å². The zero-order chi connectivity index (χ0) is 13.8. The van der Waals surface area contributed by atoms with Gasteiger partial charge in [-0.15, -0.1) is 0 Å². The minimum absolute atomic E-state index is 0.500. The van der Waals surface area contributed by atoms with E-state index in [1.165, 1.54) is 0 Å². The van der Waals surface area contributed by atoms with Crippen LogP contribution in [-0.2, 0) is 0 Å². The highest BCUT2D eigenvalue weighted by Crippen LogP contribution is 2.29. The molecule has 0 fully saturated rings. The quantitative estimate of drug-likeness (QED) is 0.839. The summed E-state index contributed by atoms with van der Waals surface area (Å²) in [7, 11) is 1.58. The second-order valence-electron chi connectivity index (χ2n) is 3.88. The maximum atomic E-state index is 9.05. The van der Waals surface area contributed by atoms with Gasteiger partial charge in [0.2, 0.25) is 0 Å². The zero-order valence-corrected chi connectivity index (χ0v) is 11.0. The first-order valence-electron chi connectivity index (χ1n) is 5.54. The van der Waals surface area contributed by atoms with Gasteiger partial charge in [0.25, 0.3) is 0 Å². The van der Waals surface area contributed by atoms with Crippen LogP contribution in [0.3, 0.4) is 0 Å². The van der Waals surface area contributed by atoms with E-state index in [9.17, 15) is 0 Å². The average molecular weight is 274 g/mol. The third-order valence-corrected chi connectivity index (χ3v) is 2.87. The third-order valence-electron chi connectivity index (χ3n) is 2.63. The van der Waals surface area contributed by atoms with E-state index in [0.29, 0.717) is 33.4 Å². The van der Waals surface area contributed by atoms with Crippen LogP contribution >= 0.6 is 11.6 Å². The van der Waals surface area contributed by atoms with Crippen molar-refractivity contribution in [3.05, 3.63) is 47.0 Å². The van der Waals surface area contributed by atoms with Gasteiger partial charge in [0.15, 0.2) is 0 Å². The molecule has 0 radical (unpaired) electrons. The molecule has 4 nitrogen and oxygen atoms in total. The Hall–Kier alpha value is -2.38. The van der Waals surface area contributed by atoms with Gasteiger partial charge in [-0.2, -0.15) is 5.26 Å². The number of ether oxygens (including phenoxy) is 1. The summed E-state index contributed by atoms with van der Waals surface area (Å²) in [5.41, 5.74) is 8.26. The summed E-state index contributed by atoms with van der Waals surface area (Å²) in [5, 5.41) is 12.7. The Labute approximate surface area is 116 Å². The van der Waals surface area contributed by atoms with Crippen LogP contribution < -0.4 is 15.8 Å². The Morgan fingerprint density at radius 3 is 2.63 bits per heavy atom. The molecule has 0 heterocycles. The van der Waals surface area contributed by atoms with Gasteiger partial charge >= 0.3 is 0 Å². The second-order valence-corrected chi connectivity index (χ2v) is 4.32. The number of nitriles is 1. The molecular formula is C14H12ClN3O. The molecule has 0 saturated heterocycles. The molecule has 0 atom stereocenters. The van der Waals surface area contributed by atoms with Gasteiger partial charge in [0.05, 0.1) is 29.7 Å². The third kappa shape index (κ3) is 2.90. The molecule has 2 aromatic carbocycles. The molecule has 0 aliphatic heterocycles. The lowest BCUT2D eigenvalue weighted by atomic mass is 10.1. The predicted molar refractivity (Wildman–Crippen MR) is 76.9 cm³/mol. The highest BCUT2D eigenvalue weighted by molar-refractivity contribution is 6.30. The van der Waals surface area contributed by atoms with Gasteiger partial charge < -0.3 is 15.8 Å². The Kier molecular flexibility index (Phi) is 3.79. The van der Waals surface area contributed by atoms with Crippen LogP contribution in [0.25, 0.3) is 0 Å². The Morgan fingerprint density at radius 2 is 2.00 bits per heavy atom. The topological polar surface area (TPSA) is 71.1 Å². The highest BCUT2D eigenvalue weighted by Gasteiger charge is 2.06. The summed E-state index contributed by atoms with van der Waals surface area (Å²) in [6.07, 6.45) is 0. The molecule has 0 spiro atoms. The fourth-order valence-corrected chi connectivity index (χ4v) is 1.82. The van der Waals surface area contributed by atoms with Gasteiger partial charge in [0, 0.05) is 11.1 Å². The molecule has 0 saturated carbocycles. The molecule has 0 amide bonds. The number of hydrogen-bond acceptors (Lipinski definition) is 4. The molecule has 96 valence electrons. The van der Waals surface area contributed by atoms with Crippen LogP contribution in [0.2, 0.25) is 5.02 Å². The first kappa shape index (κ1) is 13.1. The van der Waals surface area contributed by atoms with Gasteiger partial charge in [-0.1, -0.05) is 11.6 Å². The number of anilines is 3. The number of nitrogens with two attached hydrogens (primary N) is 1. The van der Waals surface area contributed by atoms with E-state index >= 15 is 0 Å². The highest BCUT2D eigenvalue weighted by atomic mass is 35.5. The lowest BCUT2D eigenvalue weighted by Crippen LogP contribution is -1.98. The molecule has 2 rings (SSSR count). The van der Waals surface area contributed by atoms with Crippen molar-refractivity contribution in [2.75, 3.05) is 18.2 Å². The van der Waals surface area contributed by atoms with Gasteiger partial charge in [-0.25, -0.2) is 0 Å². The number of benzene rings is 2. The molecule has 2 aromatic rings. The van der Waals surface area contributed by atoms with E-state index in [1.807, 2.05) is 0 Å². The molecule has 0 aliphatic rings. The summed E-state index contributed by atoms with van der Waals surface area (Å²) >= 11 is 5.93. The van der Waals surface area contributed by atoms with Crippen LogP contribution in [0.4, 0.5) is 17.1 Å². The number of hydrogen-bond donors (Lipinski definition) is 2. The summed E-state index contributed by atoms with van der Waals surface area (Å²) in [6.45, 7) is 0. The minimum Gasteiger partial charge on any atom is -0.497 e. The SMILES string of the molecule is COc1ccc(Nc2cc(Cl)ccc2C#N)c(N)c1. The molecular weight excluding hydrogens is 262 g/mol. The molecule has 0 aliphatic carbocycles. The number of rotatable bonds is 3. The fraction of sp³-hybridized carbons (Fsp3) is 0.0714. The lowest BCUT2D eigenvalue weighted by Gasteiger charge is -2.12. The van der Waals surface area contributed by atoms with E-state index in [1.54, 1.807) is 43.5 Å². The minimum atomic E-state index is 0.500. The molecule has 5 heteroatoms. The van der Waals surface area contributed by atoms with Crippen molar-refractivity contribution >= 4 is 28.7 Å². The van der Waals surface area contributed by atoms with Crippen LogP contribution in [-0.4, -0.2) is 7.11 Å². The van der Waals surface area contributed by atoms with Crippen molar-refractivity contribution in [3.8, 4) is 11.8 Å². The Bertz CT molecular complexity index is 650. The van der Waals surface area contributed by atoms with Crippen molar-refractivity contribution in [3.63, 3.8) is 0 Å². The van der Waals surface area contributed by atoms with Crippen molar-refractivity contribution in [1.29, 1.82) is 5.26 Å². The maximum Gasteiger partial charge on any atom is 0.121 e. The molecule has 0 unspecified atom stereocenters. The van der Waals surface area contributed by atoms with Crippen LogP contribution in [0.5, 0.6) is 5.75 Å². The number of nitrogens with zero attached hydrogens (tertiary/aromatic N) is 1.